The molecule has 12 heavy (non-hydrogen) atoms. The standard InChI is InChI=1S/C11H17N/c1-3-4-10-7-9(2)5-6-11(10)8-12-11/h5-6,10,12H,2-4,7-8H2,1H3. The van der Waals surface area contributed by atoms with Crippen LogP contribution in [0.5, 0.6) is 0 Å². The summed E-state index contributed by atoms with van der Waals surface area (Å²) in [6, 6.07) is 0. The Bertz CT molecular complexity index is 223. The Morgan fingerprint density at radius 1 is 1.75 bits per heavy atom. The SMILES string of the molecule is C=C1C=CC2(CN2)C(CCC)C1. The van der Waals surface area contributed by atoms with E-state index in [1.165, 1.54) is 31.4 Å². The Kier molecular flexibility index (Phi) is 1.84. The molecule has 0 bridgehead atoms. The van der Waals surface area contributed by atoms with Crippen LogP contribution in [0.1, 0.15) is 26.2 Å². The maximum Gasteiger partial charge on any atom is 0.0526 e. The van der Waals surface area contributed by atoms with Gasteiger partial charge >= 0.3 is 0 Å². The highest BCUT2D eigenvalue weighted by atomic mass is 15.2. The van der Waals surface area contributed by atoms with Gasteiger partial charge in [-0.2, -0.15) is 0 Å². The van der Waals surface area contributed by atoms with Crippen molar-refractivity contribution in [2.75, 3.05) is 6.54 Å². The van der Waals surface area contributed by atoms with E-state index in [0.717, 1.165) is 5.92 Å². The lowest BCUT2D eigenvalue weighted by Crippen LogP contribution is -2.28. The van der Waals surface area contributed by atoms with E-state index < -0.39 is 0 Å². The van der Waals surface area contributed by atoms with Crippen molar-refractivity contribution in [3.63, 3.8) is 0 Å². The molecule has 0 aromatic heterocycles. The van der Waals surface area contributed by atoms with Crippen LogP contribution in [0.15, 0.2) is 24.3 Å². The first-order chi connectivity index (χ1) is 5.77. The van der Waals surface area contributed by atoms with Crippen LogP contribution in [0, 0.1) is 5.92 Å². The first kappa shape index (κ1) is 8.06. The third-order valence-corrected chi connectivity index (χ3v) is 3.08. The molecule has 1 saturated heterocycles. The van der Waals surface area contributed by atoms with Gasteiger partial charge in [0.15, 0.2) is 0 Å². The molecule has 0 amide bonds. The van der Waals surface area contributed by atoms with Gasteiger partial charge in [0, 0.05) is 6.54 Å². The van der Waals surface area contributed by atoms with E-state index in [1.54, 1.807) is 0 Å². The zero-order valence-electron chi connectivity index (χ0n) is 7.77. The fourth-order valence-electron chi connectivity index (χ4n) is 2.19. The topological polar surface area (TPSA) is 21.9 Å². The Labute approximate surface area is 74.5 Å². The van der Waals surface area contributed by atoms with Crippen molar-refractivity contribution >= 4 is 0 Å². The van der Waals surface area contributed by atoms with E-state index in [4.69, 9.17) is 0 Å². The van der Waals surface area contributed by atoms with Gasteiger partial charge in [0.2, 0.25) is 0 Å². The second-order valence-corrected chi connectivity index (χ2v) is 4.08. The molecule has 1 heterocycles. The summed E-state index contributed by atoms with van der Waals surface area (Å²) in [7, 11) is 0. The van der Waals surface area contributed by atoms with E-state index in [9.17, 15) is 0 Å². The van der Waals surface area contributed by atoms with Crippen molar-refractivity contribution in [3.05, 3.63) is 24.3 Å². The molecule has 1 aliphatic carbocycles. The molecule has 1 aliphatic heterocycles. The summed E-state index contributed by atoms with van der Waals surface area (Å²) in [4.78, 5) is 0. The molecule has 0 radical (unpaired) electrons. The van der Waals surface area contributed by atoms with Crippen LogP contribution in [0.4, 0.5) is 0 Å². The van der Waals surface area contributed by atoms with Gasteiger partial charge in [0.25, 0.3) is 0 Å². The molecule has 1 fully saturated rings. The highest BCUT2D eigenvalue weighted by Crippen LogP contribution is 2.39. The molecule has 1 nitrogen and oxygen atoms in total. The van der Waals surface area contributed by atoms with Crippen molar-refractivity contribution in [3.8, 4) is 0 Å². The monoisotopic (exact) mass is 163 g/mol. The fraction of sp³-hybridized carbons (Fsp3) is 0.636. The van der Waals surface area contributed by atoms with E-state index in [1.807, 2.05) is 0 Å². The predicted molar refractivity (Wildman–Crippen MR) is 52.0 cm³/mol. The van der Waals surface area contributed by atoms with Crippen molar-refractivity contribution in [1.29, 1.82) is 0 Å². The quantitative estimate of drug-likeness (QED) is 0.620. The van der Waals surface area contributed by atoms with Crippen LogP contribution in [-0.2, 0) is 0 Å². The predicted octanol–water partition coefficient (Wildman–Crippen LogP) is 2.26. The molecule has 1 spiro atoms. The summed E-state index contributed by atoms with van der Waals surface area (Å²) in [5, 5.41) is 3.48. The Morgan fingerprint density at radius 2 is 2.50 bits per heavy atom. The van der Waals surface area contributed by atoms with Gasteiger partial charge in [0.1, 0.15) is 0 Å². The van der Waals surface area contributed by atoms with Gasteiger partial charge in [-0.05, 0) is 18.8 Å². The average molecular weight is 163 g/mol. The number of rotatable bonds is 2. The van der Waals surface area contributed by atoms with Gasteiger partial charge < -0.3 is 5.32 Å². The first-order valence-corrected chi connectivity index (χ1v) is 4.89. The molecule has 0 aromatic rings. The molecular weight excluding hydrogens is 146 g/mol. The normalized spacial score (nSPS) is 39.1. The molecule has 1 N–H and O–H groups in total. The maximum atomic E-state index is 4.03. The molecule has 1 heteroatoms. The van der Waals surface area contributed by atoms with Crippen LogP contribution in [0.2, 0.25) is 0 Å². The van der Waals surface area contributed by atoms with E-state index >= 15 is 0 Å². The van der Waals surface area contributed by atoms with Gasteiger partial charge in [-0.15, -0.1) is 0 Å². The number of hydrogen-bond acceptors (Lipinski definition) is 1. The van der Waals surface area contributed by atoms with Crippen LogP contribution in [-0.4, -0.2) is 12.1 Å². The zero-order valence-corrected chi connectivity index (χ0v) is 7.77. The Hall–Kier alpha value is -0.560. The molecule has 2 rings (SSSR count). The lowest BCUT2D eigenvalue weighted by molar-refractivity contribution is 0.400. The molecule has 2 atom stereocenters. The van der Waals surface area contributed by atoms with Gasteiger partial charge in [-0.1, -0.05) is 37.6 Å². The van der Waals surface area contributed by atoms with E-state index in [2.05, 4.69) is 31.0 Å². The highest BCUT2D eigenvalue weighted by molar-refractivity contribution is 5.33. The summed E-state index contributed by atoms with van der Waals surface area (Å²) in [5.41, 5.74) is 1.68. The van der Waals surface area contributed by atoms with Crippen molar-refractivity contribution < 1.29 is 0 Å². The van der Waals surface area contributed by atoms with Gasteiger partial charge in [-0.3, -0.25) is 0 Å². The number of nitrogens with one attached hydrogen (secondary N) is 1. The third kappa shape index (κ3) is 1.22. The molecule has 0 saturated carbocycles. The third-order valence-electron chi connectivity index (χ3n) is 3.08. The zero-order chi connectivity index (χ0) is 8.60. The molecule has 0 aromatic carbocycles. The van der Waals surface area contributed by atoms with Crippen LogP contribution in [0.25, 0.3) is 0 Å². The minimum Gasteiger partial charge on any atom is -0.304 e. The van der Waals surface area contributed by atoms with Crippen LogP contribution < -0.4 is 5.32 Å². The van der Waals surface area contributed by atoms with Crippen molar-refractivity contribution in [2.45, 2.75) is 31.7 Å². The summed E-state index contributed by atoms with van der Waals surface area (Å²) in [6.07, 6.45) is 8.31. The first-order valence-electron chi connectivity index (χ1n) is 4.89. The summed E-state index contributed by atoms with van der Waals surface area (Å²) in [5.74, 6) is 0.806. The summed E-state index contributed by atoms with van der Waals surface area (Å²) < 4.78 is 0. The minimum absolute atomic E-state index is 0.386. The lowest BCUT2D eigenvalue weighted by atomic mass is 9.79. The van der Waals surface area contributed by atoms with E-state index in [0.29, 0.717) is 5.54 Å². The second-order valence-electron chi connectivity index (χ2n) is 4.08. The van der Waals surface area contributed by atoms with Gasteiger partial charge in [0.05, 0.1) is 5.54 Å². The minimum atomic E-state index is 0.386. The van der Waals surface area contributed by atoms with E-state index in [-0.39, 0.29) is 0 Å². The molecule has 2 unspecified atom stereocenters. The van der Waals surface area contributed by atoms with Crippen molar-refractivity contribution in [1.82, 2.24) is 5.32 Å². The largest absolute Gasteiger partial charge is 0.304 e. The maximum absolute atomic E-state index is 4.03. The second kappa shape index (κ2) is 2.74. The highest BCUT2D eigenvalue weighted by Gasteiger charge is 2.47. The molecule has 66 valence electrons. The molecular formula is C11H17N. The smallest absolute Gasteiger partial charge is 0.0526 e. The number of allylic oxidation sites excluding steroid dienone is 2. The molecule has 2 aliphatic rings. The van der Waals surface area contributed by atoms with Crippen LogP contribution >= 0.6 is 0 Å². The lowest BCUT2D eigenvalue weighted by Gasteiger charge is -2.26. The summed E-state index contributed by atoms with van der Waals surface area (Å²) in [6.45, 7) is 7.47. The van der Waals surface area contributed by atoms with Crippen LogP contribution in [0.3, 0.4) is 0 Å². The fourth-order valence-corrected chi connectivity index (χ4v) is 2.19. The summed E-state index contributed by atoms with van der Waals surface area (Å²) >= 11 is 0. The average Bonchev–Trinajstić information content (AvgIpc) is 2.80. The Balaban J connectivity index is 2.11. The van der Waals surface area contributed by atoms with Crippen molar-refractivity contribution in [2.24, 2.45) is 5.92 Å². The Morgan fingerprint density at radius 3 is 3.08 bits per heavy atom. The van der Waals surface area contributed by atoms with Gasteiger partial charge in [-0.25, -0.2) is 0 Å². The number of hydrogen-bond donors (Lipinski definition) is 1.